The maximum absolute atomic E-state index is 13.1. The van der Waals surface area contributed by atoms with E-state index in [1.54, 1.807) is 19.1 Å². The summed E-state index contributed by atoms with van der Waals surface area (Å²) < 4.78 is 0.377. The molecule has 3 rings (SSSR count). The molecule has 0 aromatic heterocycles. The molecule has 3 aromatic rings. The van der Waals surface area contributed by atoms with Gasteiger partial charge in [0.05, 0.1) is 15.6 Å². The first-order chi connectivity index (χ1) is 18.4. The number of rotatable bonds is 8. The van der Waals surface area contributed by atoms with Gasteiger partial charge in [0, 0.05) is 43.0 Å². The zero-order chi connectivity index (χ0) is 28.9. The highest BCUT2D eigenvalue weighted by atomic mass is 79.9. The number of hydrazone groups is 1. The number of carbonyl (C=O) groups is 2. The highest BCUT2D eigenvalue weighted by Gasteiger charge is 2.19. The molecule has 202 valence electrons. The average molecular weight is 661 g/mol. The Hall–Kier alpha value is -4.23. The van der Waals surface area contributed by atoms with Crippen molar-refractivity contribution in [1.82, 2.24) is 10.7 Å². The van der Waals surface area contributed by atoms with E-state index in [4.69, 9.17) is 0 Å². The van der Waals surface area contributed by atoms with E-state index >= 15 is 0 Å². The van der Waals surface area contributed by atoms with Gasteiger partial charge in [0.15, 0.2) is 0 Å². The van der Waals surface area contributed by atoms with Crippen LogP contribution in [-0.2, 0) is 4.79 Å². The Labute approximate surface area is 240 Å². The smallest absolute Gasteiger partial charge is 0.287 e. The van der Waals surface area contributed by atoms with Crippen LogP contribution >= 0.6 is 31.9 Å². The lowest BCUT2D eigenvalue weighted by molar-refractivity contribution is -0.384. The van der Waals surface area contributed by atoms with Crippen LogP contribution < -0.4 is 15.6 Å². The van der Waals surface area contributed by atoms with Crippen molar-refractivity contribution >= 4 is 67.3 Å². The van der Waals surface area contributed by atoms with Crippen molar-refractivity contribution in [3.05, 3.63) is 95.5 Å². The zero-order valence-electron chi connectivity index (χ0n) is 20.9. The SMILES string of the molecule is Cc1c(Br)c(O)c(Br)c(O)c1/C=N\NC(=O)/C(=C\c1ccc(N(C)C)cc1)NC(=O)c1ccc([N+](=O)[O-])cc1. The van der Waals surface area contributed by atoms with E-state index in [1.807, 2.05) is 31.1 Å². The molecule has 0 atom stereocenters. The molecule has 13 heteroatoms. The summed E-state index contributed by atoms with van der Waals surface area (Å²) in [7, 11) is 3.77. The third kappa shape index (κ3) is 7.00. The second-order valence-corrected chi connectivity index (χ2v) is 9.95. The molecule has 0 radical (unpaired) electrons. The second kappa shape index (κ2) is 12.5. The third-order valence-corrected chi connectivity index (χ3v) is 7.25. The van der Waals surface area contributed by atoms with Gasteiger partial charge in [0.1, 0.15) is 21.7 Å². The van der Waals surface area contributed by atoms with E-state index in [0.717, 1.165) is 5.69 Å². The van der Waals surface area contributed by atoms with Gasteiger partial charge in [-0.2, -0.15) is 5.10 Å². The van der Waals surface area contributed by atoms with Gasteiger partial charge in [-0.3, -0.25) is 19.7 Å². The van der Waals surface area contributed by atoms with Crippen LogP contribution in [0.1, 0.15) is 27.0 Å². The van der Waals surface area contributed by atoms with E-state index in [1.165, 1.54) is 36.6 Å². The molecule has 0 bridgehead atoms. The number of nitro groups is 1. The van der Waals surface area contributed by atoms with E-state index in [-0.39, 0.29) is 38.5 Å². The molecule has 11 nitrogen and oxygen atoms in total. The van der Waals surface area contributed by atoms with Gasteiger partial charge in [0.25, 0.3) is 17.5 Å². The fourth-order valence-corrected chi connectivity index (χ4v) is 4.39. The lowest BCUT2D eigenvalue weighted by atomic mass is 10.1. The van der Waals surface area contributed by atoms with Crippen LogP contribution in [0.25, 0.3) is 6.08 Å². The molecule has 0 heterocycles. The van der Waals surface area contributed by atoms with Crippen molar-refractivity contribution < 1.29 is 24.7 Å². The summed E-state index contributed by atoms with van der Waals surface area (Å²) in [6, 6.07) is 12.1. The van der Waals surface area contributed by atoms with Crippen LogP contribution in [0.5, 0.6) is 11.5 Å². The predicted molar refractivity (Wildman–Crippen MR) is 155 cm³/mol. The fraction of sp³-hybridized carbons (Fsp3) is 0.115. The number of nitro benzene ring substituents is 1. The fourth-order valence-electron chi connectivity index (χ4n) is 3.30. The molecule has 0 saturated carbocycles. The largest absolute Gasteiger partial charge is 0.506 e. The minimum atomic E-state index is -0.771. The maximum Gasteiger partial charge on any atom is 0.287 e. The summed E-state index contributed by atoms with van der Waals surface area (Å²) in [5.74, 6) is -1.91. The second-order valence-electron chi connectivity index (χ2n) is 8.37. The number of phenols is 2. The Morgan fingerprint density at radius 1 is 1.00 bits per heavy atom. The topological polar surface area (TPSA) is 157 Å². The average Bonchev–Trinajstić information content (AvgIpc) is 2.92. The number of non-ortho nitro benzene ring substituents is 1. The molecule has 2 amide bonds. The zero-order valence-corrected chi connectivity index (χ0v) is 24.1. The van der Waals surface area contributed by atoms with Crippen LogP contribution in [0, 0.1) is 17.0 Å². The van der Waals surface area contributed by atoms with Gasteiger partial charge in [-0.1, -0.05) is 12.1 Å². The highest BCUT2D eigenvalue weighted by Crippen LogP contribution is 2.43. The summed E-state index contributed by atoms with van der Waals surface area (Å²) in [5, 5.41) is 37.7. The molecular formula is C26H23Br2N5O6. The number of hydrogen-bond donors (Lipinski definition) is 4. The molecule has 0 saturated heterocycles. The normalized spacial score (nSPS) is 11.4. The number of hydrogen-bond acceptors (Lipinski definition) is 8. The predicted octanol–water partition coefficient (Wildman–Crippen LogP) is 4.83. The van der Waals surface area contributed by atoms with Gasteiger partial charge in [-0.15, -0.1) is 0 Å². The molecule has 0 unspecified atom stereocenters. The molecule has 0 fully saturated rings. The van der Waals surface area contributed by atoms with E-state index in [9.17, 15) is 29.9 Å². The van der Waals surface area contributed by atoms with E-state index in [2.05, 4.69) is 47.7 Å². The molecule has 39 heavy (non-hydrogen) atoms. The number of amides is 2. The molecule has 4 N–H and O–H groups in total. The summed E-state index contributed by atoms with van der Waals surface area (Å²) in [6.45, 7) is 1.63. The quantitative estimate of drug-likeness (QED) is 0.117. The standard InChI is InChI=1S/C26H23Br2N5O6/c1-14-19(23(34)22(28)24(35)21(14)27)13-29-31-26(37)20(12-15-4-8-17(9-5-15)32(2)3)30-25(36)16-6-10-18(11-7-16)33(38)39/h4-13,34-35H,1-3H3,(H,30,36)(H,31,37)/b20-12+,29-13-. The van der Waals surface area contributed by atoms with Gasteiger partial charge < -0.3 is 20.4 Å². The van der Waals surface area contributed by atoms with Crippen LogP contribution in [-0.4, -0.2) is 47.3 Å². The molecule has 0 aliphatic heterocycles. The summed E-state index contributed by atoms with van der Waals surface area (Å²) in [6.07, 6.45) is 2.64. The number of phenolic OH excluding ortho intramolecular Hbond substituents is 2. The first-order valence-electron chi connectivity index (χ1n) is 11.2. The van der Waals surface area contributed by atoms with Gasteiger partial charge >= 0.3 is 0 Å². The molecular weight excluding hydrogens is 638 g/mol. The number of halogens is 2. The molecule has 0 aliphatic rings. The Morgan fingerprint density at radius 3 is 2.18 bits per heavy atom. The van der Waals surface area contributed by atoms with Crippen molar-refractivity contribution in [2.45, 2.75) is 6.92 Å². The lowest BCUT2D eigenvalue weighted by Crippen LogP contribution is -2.32. The highest BCUT2D eigenvalue weighted by molar-refractivity contribution is 9.11. The Morgan fingerprint density at radius 2 is 1.62 bits per heavy atom. The van der Waals surface area contributed by atoms with Gasteiger partial charge in [-0.25, -0.2) is 5.43 Å². The van der Waals surface area contributed by atoms with Crippen molar-refractivity contribution in [3.8, 4) is 11.5 Å². The number of anilines is 1. The Bertz CT molecular complexity index is 1460. The Kier molecular flexibility index (Phi) is 9.43. The minimum Gasteiger partial charge on any atom is -0.506 e. The monoisotopic (exact) mass is 659 g/mol. The first kappa shape index (κ1) is 29.3. The Balaban J connectivity index is 1.90. The van der Waals surface area contributed by atoms with Crippen molar-refractivity contribution in [2.75, 3.05) is 19.0 Å². The summed E-state index contributed by atoms with van der Waals surface area (Å²) >= 11 is 6.33. The maximum atomic E-state index is 13.1. The van der Waals surface area contributed by atoms with Crippen molar-refractivity contribution in [2.24, 2.45) is 5.10 Å². The van der Waals surface area contributed by atoms with Crippen molar-refractivity contribution in [1.29, 1.82) is 0 Å². The number of carbonyl (C=O) groups excluding carboxylic acids is 2. The van der Waals surface area contributed by atoms with Crippen LogP contribution in [0.3, 0.4) is 0 Å². The third-order valence-electron chi connectivity index (χ3n) is 5.53. The molecule has 0 aliphatic carbocycles. The number of benzene rings is 3. The number of nitrogens with zero attached hydrogens (tertiary/aromatic N) is 3. The van der Waals surface area contributed by atoms with Crippen LogP contribution in [0.4, 0.5) is 11.4 Å². The summed E-state index contributed by atoms with van der Waals surface area (Å²) in [5.41, 5.74) is 4.32. The lowest BCUT2D eigenvalue weighted by Gasteiger charge is -2.13. The molecule has 3 aromatic carbocycles. The van der Waals surface area contributed by atoms with Crippen LogP contribution in [0.2, 0.25) is 0 Å². The van der Waals surface area contributed by atoms with Crippen molar-refractivity contribution in [3.63, 3.8) is 0 Å². The first-order valence-corrected chi connectivity index (χ1v) is 12.8. The summed E-state index contributed by atoms with van der Waals surface area (Å²) in [4.78, 5) is 38.1. The molecule has 0 spiro atoms. The number of aromatic hydroxyl groups is 2. The van der Waals surface area contributed by atoms with Crippen LogP contribution in [0.15, 0.2) is 68.3 Å². The van der Waals surface area contributed by atoms with Gasteiger partial charge in [0.2, 0.25) is 0 Å². The number of nitrogens with one attached hydrogen (secondary N) is 2. The van der Waals surface area contributed by atoms with E-state index in [0.29, 0.717) is 15.6 Å². The minimum absolute atomic E-state index is 0.0462. The van der Waals surface area contributed by atoms with Gasteiger partial charge in [-0.05, 0) is 80.3 Å². The van der Waals surface area contributed by atoms with E-state index < -0.39 is 16.7 Å².